The number of hydrogen-bond acceptors (Lipinski definition) is 5. The monoisotopic (exact) mass is 315 g/mol. The molecule has 23 heavy (non-hydrogen) atoms. The first-order chi connectivity index (χ1) is 11.2. The number of amides is 1. The molecule has 0 bridgehead atoms. The summed E-state index contributed by atoms with van der Waals surface area (Å²) >= 11 is 0. The summed E-state index contributed by atoms with van der Waals surface area (Å²) < 4.78 is 7.11. The number of nitrogens with zero attached hydrogens (tertiary/aromatic N) is 5. The standard InChI is InChI=1S/C16H21N5O2/c1-20-10-11(9-17-20)4-7-14(22)21-8-2-3-13(21)15-18-16(23-19-15)12-5-6-12/h9-10,12-13H,2-8H2,1H3/t13-/m1/s1. The molecule has 122 valence electrons. The molecule has 1 atom stereocenters. The van der Waals surface area contributed by atoms with Crippen LogP contribution in [-0.2, 0) is 18.3 Å². The molecule has 2 aromatic heterocycles. The van der Waals surface area contributed by atoms with Crippen molar-refractivity contribution in [3.63, 3.8) is 0 Å². The third-order valence-electron chi connectivity index (χ3n) is 4.64. The highest BCUT2D eigenvalue weighted by Crippen LogP contribution is 2.40. The summed E-state index contributed by atoms with van der Waals surface area (Å²) in [5.74, 6) is 2.04. The van der Waals surface area contributed by atoms with Gasteiger partial charge in [0, 0.05) is 32.1 Å². The predicted molar refractivity (Wildman–Crippen MR) is 81.5 cm³/mol. The first kappa shape index (κ1) is 14.4. The van der Waals surface area contributed by atoms with Crippen molar-refractivity contribution in [2.24, 2.45) is 7.05 Å². The molecule has 1 saturated heterocycles. The van der Waals surface area contributed by atoms with E-state index in [0.717, 1.165) is 50.1 Å². The Bertz CT molecular complexity index is 703. The lowest BCUT2D eigenvalue weighted by molar-refractivity contribution is -0.132. The molecule has 2 aromatic rings. The van der Waals surface area contributed by atoms with Gasteiger partial charge in [-0.05, 0) is 37.7 Å². The molecule has 1 saturated carbocycles. The number of carbonyl (C=O) groups is 1. The van der Waals surface area contributed by atoms with Gasteiger partial charge in [-0.25, -0.2) is 0 Å². The van der Waals surface area contributed by atoms with E-state index in [9.17, 15) is 4.79 Å². The van der Waals surface area contributed by atoms with E-state index in [4.69, 9.17) is 4.52 Å². The van der Waals surface area contributed by atoms with Gasteiger partial charge in [-0.3, -0.25) is 9.48 Å². The molecule has 2 aliphatic rings. The molecular weight excluding hydrogens is 294 g/mol. The van der Waals surface area contributed by atoms with Crippen molar-refractivity contribution in [2.75, 3.05) is 6.54 Å². The molecule has 7 nitrogen and oxygen atoms in total. The van der Waals surface area contributed by atoms with E-state index in [1.165, 1.54) is 0 Å². The van der Waals surface area contributed by atoms with Crippen LogP contribution in [0, 0.1) is 0 Å². The minimum absolute atomic E-state index is 0.0207. The van der Waals surface area contributed by atoms with Gasteiger partial charge < -0.3 is 9.42 Å². The Labute approximate surface area is 134 Å². The van der Waals surface area contributed by atoms with Crippen LogP contribution < -0.4 is 0 Å². The molecule has 0 unspecified atom stereocenters. The molecule has 7 heteroatoms. The van der Waals surface area contributed by atoms with Crippen molar-refractivity contribution in [3.8, 4) is 0 Å². The van der Waals surface area contributed by atoms with E-state index in [1.54, 1.807) is 4.68 Å². The lowest BCUT2D eigenvalue weighted by Crippen LogP contribution is -2.31. The smallest absolute Gasteiger partial charge is 0.229 e. The average Bonchev–Trinajstić information content (AvgIpc) is 2.96. The van der Waals surface area contributed by atoms with Gasteiger partial charge in [0.15, 0.2) is 5.82 Å². The molecule has 0 aromatic carbocycles. The lowest BCUT2D eigenvalue weighted by Gasteiger charge is -2.22. The quantitative estimate of drug-likeness (QED) is 0.843. The largest absolute Gasteiger partial charge is 0.339 e. The maximum atomic E-state index is 12.6. The SMILES string of the molecule is Cn1cc(CCC(=O)N2CCC[C@@H]2c2noc(C3CC3)n2)cn1. The van der Waals surface area contributed by atoms with Gasteiger partial charge in [0.05, 0.1) is 12.2 Å². The van der Waals surface area contributed by atoms with Crippen LogP contribution in [0.15, 0.2) is 16.9 Å². The van der Waals surface area contributed by atoms with Crippen molar-refractivity contribution in [1.29, 1.82) is 0 Å². The third-order valence-corrected chi connectivity index (χ3v) is 4.64. The Morgan fingerprint density at radius 2 is 2.26 bits per heavy atom. The van der Waals surface area contributed by atoms with Crippen molar-refractivity contribution in [2.45, 2.75) is 50.5 Å². The Morgan fingerprint density at radius 1 is 1.39 bits per heavy atom. The lowest BCUT2D eigenvalue weighted by atomic mass is 10.1. The number of hydrogen-bond donors (Lipinski definition) is 0. The Morgan fingerprint density at radius 3 is 3.00 bits per heavy atom. The molecule has 0 N–H and O–H groups in total. The van der Waals surface area contributed by atoms with E-state index < -0.39 is 0 Å². The fourth-order valence-corrected chi connectivity index (χ4v) is 3.21. The predicted octanol–water partition coefficient (Wildman–Crippen LogP) is 1.98. The van der Waals surface area contributed by atoms with Crippen LogP contribution in [0.2, 0.25) is 0 Å². The molecule has 0 spiro atoms. The molecular formula is C16H21N5O2. The van der Waals surface area contributed by atoms with Crippen LogP contribution in [0.4, 0.5) is 0 Å². The van der Waals surface area contributed by atoms with E-state index in [-0.39, 0.29) is 11.9 Å². The van der Waals surface area contributed by atoms with E-state index >= 15 is 0 Å². The van der Waals surface area contributed by atoms with Gasteiger partial charge in [0.1, 0.15) is 0 Å². The second-order valence-electron chi connectivity index (χ2n) is 6.53. The zero-order valence-corrected chi connectivity index (χ0v) is 13.3. The summed E-state index contributed by atoms with van der Waals surface area (Å²) in [5, 5.41) is 8.26. The van der Waals surface area contributed by atoms with Gasteiger partial charge in [-0.15, -0.1) is 0 Å². The second kappa shape index (κ2) is 5.79. The summed E-state index contributed by atoms with van der Waals surface area (Å²) in [5.41, 5.74) is 1.09. The highest BCUT2D eigenvalue weighted by atomic mass is 16.5. The van der Waals surface area contributed by atoms with Gasteiger partial charge in [-0.2, -0.15) is 10.1 Å². The van der Waals surface area contributed by atoms with Crippen molar-refractivity contribution in [3.05, 3.63) is 29.7 Å². The number of likely N-dealkylation sites (tertiary alicyclic amines) is 1. The minimum atomic E-state index is -0.0207. The Balaban J connectivity index is 1.40. The maximum Gasteiger partial charge on any atom is 0.229 e. The highest BCUT2D eigenvalue weighted by molar-refractivity contribution is 5.77. The first-order valence-corrected chi connectivity index (χ1v) is 8.31. The van der Waals surface area contributed by atoms with Crippen LogP contribution in [0.3, 0.4) is 0 Å². The second-order valence-corrected chi connectivity index (χ2v) is 6.53. The summed E-state index contributed by atoms with van der Waals surface area (Å²) in [6.45, 7) is 0.782. The summed E-state index contributed by atoms with van der Waals surface area (Å²) in [6.07, 6.45) is 9.18. The maximum absolute atomic E-state index is 12.6. The average molecular weight is 315 g/mol. The number of carbonyl (C=O) groups excluding carboxylic acids is 1. The van der Waals surface area contributed by atoms with Gasteiger partial charge in [0.2, 0.25) is 11.8 Å². The van der Waals surface area contributed by atoms with Gasteiger partial charge in [-0.1, -0.05) is 5.16 Å². The molecule has 3 heterocycles. The molecule has 0 radical (unpaired) electrons. The highest BCUT2D eigenvalue weighted by Gasteiger charge is 2.35. The zero-order chi connectivity index (χ0) is 15.8. The topological polar surface area (TPSA) is 77.0 Å². The molecule has 1 aliphatic carbocycles. The third kappa shape index (κ3) is 3.00. The van der Waals surface area contributed by atoms with E-state index in [0.29, 0.717) is 18.2 Å². The molecule has 1 aliphatic heterocycles. The van der Waals surface area contributed by atoms with Crippen LogP contribution in [0.5, 0.6) is 0 Å². The summed E-state index contributed by atoms with van der Waals surface area (Å²) in [4.78, 5) is 19.0. The number of aromatic nitrogens is 4. The van der Waals surface area contributed by atoms with Crippen LogP contribution in [-0.4, -0.2) is 37.3 Å². The molecule has 2 fully saturated rings. The van der Waals surface area contributed by atoms with Crippen molar-refractivity contribution >= 4 is 5.91 Å². The zero-order valence-electron chi connectivity index (χ0n) is 13.3. The van der Waals surface area contributed by atoms with Gasteiger partial charge >= 0.3 is 0 Å². The summed E-state index contributed by atoms with van der Waals surface area (Å²) in [7, 11) is 1.88. The van der Waals surface area contributed by atoms with E-state index in [2.05, 4.69) is 15.2 Å². The van der Waals surface area contributed by atoms with E-state index in [1.807, 2.05) is 24.3 Å². The minimum Gasteiger partial charge on any atom is -0.339 e. The van der Waals surface area contributed by atoms with Crippen LogP contribution in [0.1, 0.15) is 61.3 Å². The first-order valence-electron chi connectivity index (χ1n) is 8.31. The normalized spacial score (nSPS) is 21.1. The van der Waals surface area contributed by atoms with Crippen LogP contribution in [0.25, 0.3) is 0 Å². The molecule has 4 rings (SSSR count). The van der Waals surface area contributed by atoms with Crippen molar-refractivity contribution in [1.82, 2.24) is 24.8 Å². The number of aryl methyl sites for hydroxylation is 2. The number of rotatable bonds is 5. The van der Waals surface area contributed by atoms with Gasteiger partial charge in [0.25, 0.3) is 0 Å². The van der Waals surface area contributed by atoms with Crippen molar-refractivity contribution < 1.29 is 9.32 Å². The Hall–Kier alpha value is -2.18. The van der Waals surface area contributed by atoms with Crippen LogP contribution >= 0.6 is 0 Å². The fourth-order valence-electron chi connectivity index (χ4n) is 3.21. The summed E-state index contributed by atoms with van der Waals surface area (Å²) in [6, 6.07) is -0.0207. The Kier molecular flexibility index (Phi) is 3.63. The fraction of sp³-hybridized carbons (Fsp3) is 0.625. The molecule has 1 amide bonds.